The standard InChI is InChI=1S/C4H8ClN3O/c1-2(6)3(7)4(5)8-9/h9H,6-7H2,1H3/p+1. The average molecular weight is 151 g/mol. The van der Waals surface area contributed by atoms with Crippen LogP contribution in [-0.2, 0) is 0 Å². The summed E-state index contributed by atoms with van der Waals surface area (Å²) in [7, 11) is 0. The van der Waals surface area contributed by atoms with Gasteiger partial charge in [0.1, 0.15) is 5.70 Å². The monoisotopic (exact) mass is 150 g/mol. The van der Waals surface area contributed by atoms with Gasteiger partial charge in [0.15, 0.2) is 0 Å². The SMILES string of the molecule is CC(N)=C(N)C(Cl)=[NH+]O. The highest BCUT2D eigenvalue weighted by atomic mass is 35.5. The minimum absolute atomic E-state index is 0.0602. The van der Waals surface area contributed by atoms with E-state index in [-0.39, 0.29) is 10.9 Å². The van der Waals surface area contributed by atoms with E-state index in [9.17, 15) is 0 Å². The van der Waals surface area contributed by atoms with Crippen molar-refractivity contribution in [1.29, 1.82) is 0 Å². The van der Waals surface area contributed by atoms with Crippen LogP contribution >= 0.6 is 11.6 Å². The molecule has 0 radical (unpaired) electrons. The van der Waals surface area contributed by atoms with Gasteiger partial charge in [0.2, 0.25) is 0 Å². The fourth-order valence-corrected chi connectivity index (χ4v) is 0.382. The van der Waals surface area contributed by atoms with Gasteiger partial charge in [0.05, 0.1) is 0 Å². The molecule has 0 atom stereocenters. The first-order valence-electron chi connectivity index (χ1n) is 2.24. The van der Waals surface area contributed by atoms with Crippen LogP contribution in [0.3, 0.4) is 0 Å². The molecule has 52 valence electrons. The molecule has 0 aromatic rings. The summed E-state index contributed by atoms with van der Waals surface area (Å²) in [5, 5.41) is 9.77. The minimum Gasteiger partial charge on any atom is -0.400 e. The lowest BCUT2D eigenvalue weighted by atomic mass is 10.4. The molecule has 0 heterocycles. The highest BCUT2D eigenvalue weighted by Gasteiger charge is 2.06. The van der Waals surface area contributed by atoms with Crippen LogP contribution < -0.4 is 16.6 Å². The summed E-state index contributed by atoms with van der Waals surface area (Å²) < 4.78 is 0. The Kier molecular flexibility index (Phi) is 2.87. The van der Waals surface area contributed by atoms with E-state index in [1.165, 1.54) is 0 Å². The first kappa shape index (κ1) is 8.10. The summed E-state index contributed by atoms with van der Waals surface area (Å²) in [5.74, 6) is 0. The maximum Gasteiger partial charge on any atom is 0.340 e. The van der Waals surface area contributed by atoms with Crippen LogP contribution in [0.15, 0.2) is 11.4 Å². The van der Waals surface area contributed by atoms with Gasteiger partial charge in [-0.25, -0.2) is 0 Å². The number of nitrogens with two attached hydrogens (primary N) is 2. The molecule has 0 aromatic carbocycles. The van der Waals surface area contributed by atoms with E-state index in [1.54, 1.807) is 12.1 Å². The summed E-state index contributed by atoms with van der Waals surface area (Å²) in [5.41, 5.74) is 11.0. The maximum absolute atomic E-state index is 8.17. The fraction of sp³-hybridized carbons (Fsp3) is 0.250. The van der Waals surface area contributed by atoms with Crippen molar-refractivity contribution >= 4 is 16.8 Å². The minimum atomic E-state index is -0.0602. The van der Waals surface area contributed by atoms with Crippen LogP contribution in [0.5, 0.6) is 0 Å². The van der Waals surface area contributed by atoms with Crippen molar-refractivity contribution < 1.29 is 10.4 Å². The van der Waals surface area contributed by atoms with Crippen LogP contribution in [-0.4, -0.2) is 10.4 Å². The first-order chi connectivity index (χ1) is 4.09. The molecule has 9 heavy (non-hydrogen) atoms. The van der Waals surface area contributed by atoms with Crippen molar-refractivity contribution in [3.63, 3.8) is 0 Å². The van der Waals surface area contributed by atoms with Crippen molar-refractivity contribution in [2.75, 3.05) is 0 Å². The molecule has 0 aliphatic carbocycles. The molecule has 6 N–H and O–H groups in total. The zero-order chi connectivity index (χ0) is 7.44. The van der Waals surface area contributed by atoms with Crippen molar-refractivity contribution in [3.8, 4) is 0 Å². The van der Waals surface area contributed by atoms with Crippen molar-refractivity contribution in [2.24, 2.45) is 11.5 Å². The lowest BCUT2D eigenvalue weighted by Crippen LogP contribution is -2.68. The Morgan fingerprint density at radius 1 is 1.56 bits per heavy atom. The van der Waals surface area contributed by atoms with Crippen molar-refractivity contribution in [2.45, 2.75) is 6.92 Å². The average Bonchev–Trinajstić information content (AvgIpc) is 1.84. The van der Waals surface area contributed by atoms with E-state index in [4.69, 9.17) is 28.3 Å². The van der Waals surface area contributed by atoms with Gasteiger partial charge in [0.25, 0.3) is 0 Å². The number of hydrogen-bond donors (Lipinski definition) is 4. The van der Waals surface area contributed by atoms with Crippen LogP contribution in [0.1, 0.15) is 6.92 Å². The Balaban J connectivity index is 4.40. The van der Waals surface area contributed by atoms with E-state index in [0.717, 1.165) is 0 Å². The highest BCUT2D eigenvalue weighted by molar-refractivity contribution is 6.67. The van der Waals surface area contributed by atoms with Gasteiger partial charge >= 0.3 is 5.17 Å². The summed E-state index contributed by atoms with van der Waals surface area (Å²) in [4.78, 5) is 0. The van der Waals surface area contributed by atoms with Crippen molar-refractivity contribution in [3.05, 3.63) is 11.4 Å². The van der Waals surface area contributed by atoms with Crippen LogP contribution in [0.2, 0.25) is 0 Å². The summed E-state index contributed by atoms with van der Waals surface area (Å²) in [6, 6.07) is 0. The number of halogens is 1. The molecule has 0 saturated carbocycles. The van der Waals surface area contributed by atoms with Crippen LogP contribution in [0.25, 0.3) is 0 Å². The van der Waals surface area contributed by atoms with E-state index in [1.807, 2.05) is 0 Å². The molecule has 0 aliphatic heterocycles. The van der Waals surface area contributed by atoms with Gasteiger partial charge in [-0.1, -0.05) is 0 Å². The largest absolute Gasteiger partial charge is 0.400 e. The Hall–Kier alpha value is -0.900. The van der Waals surface area contributed by atoms with Crippen LogP contribution in [0.4, 0.5) is 0 Å². The lowest BCUT2D eigenvalue weighted by molar-refractivity contribution is -0.735. The predicted octanol–water partition coefficient (Wildman–Crippen LogP) is -1.76. The Labute approximate surface area is 57.8 Å². The van der Waals surface area contributed by atoms with Gasteiger partial charge in [-0.15, -0.1) is 0 Å². The van der Waals surface area contributed by atoms with Gasteiger partial charge in [-0.05, 0) is 23.7 Å². The van der Waals surface area contributed by atoms with Crippen LogP contribution in [0, 0.1) is 0 Å². The Morgan fingerprint density at radius 2 is 2.00 bits per heavy atom. The normalized spacial score (nSPS) is 15.1. The topological polar surface area (TPSA) is 86.2 Å². The fourth-order valence-electron chi connectivity index (χ4n) is 0.233. The number of rotatable bonds is 1. The molecule has 0 bridgehead atoms. The third-order valence-electron chi connectivity index (χ3n) is 0.759. The van der Waals surface area contributed by atoms with E-state index in [0.29, 0.717) is 5.70 Å². The summed E-state index contributed by atoms with van der Waals surface area (Å²) in [6.45, 7) is 1.58. The molecule has 0 amide bonds. The van der Waals surface area contributed by atoms with Gasteiger partial charge in [0, 0.05) is 5.70 Å². The second kappa shape index (κ2) is 3.19. The zero-order valence-electron chi connectivity index (χ0n) is 4.98. The van der Waals surface area contributed by atoms with E-state index in [2.05, 4.69) is 0 Å². The molecular weight excluding hydrogens is 142 g/mol. The maximum atomic E-state index is 8.17. The molecule has 0 aliphatic rings. The molecule has 0 fully saturated rings. The van der Waals surface area contributed by atoms with E-state index >= 15 is 0 Å². The Bertz CT molecular complexity index is 159. The third kappa shape index (κ3) is 2.23. The number of hydrogen-bond acceptors (Lipinski definition) is 3. The van der Waals surface area contributed by atoms with Crippen molar-refractivity contribution in [1.82, 2.24) is 0 Å². The second-order valence-corrected chi connectivity index (χ2v) is 1.90. The highest BCUT2D eigenvalue weighted by Crippen LogP contribution is 1.91. The van der Waals surface area contributed by atoms with Gasteiger partial charge in [-0.2, -0.15) is 0 Å². The molecule has 0 saturated heterocycles. The quantitative estimate of drug-likeness (QED) is 0.203. The second-order valence-electron chi connectivity index (χ2n) is 1.52. The number of nitrogens with one attached hydrogen (secondary N) is 1. The molecule has 4 nitrogen and oxygen atoms in total. The van der Waals surface area contributed by atoms with E-state index < -0.39 is 0 Å². The molecule has 5 heteroatoms. The first-order valence-corrected chi connectivity index (χ1v) is 2.62. The lowest BCUT2D eigenvalue weighted by Gasteiger charge is -1.91. The molecule has 0 spiro atoms. The van der Waals surface area contributed by atoms with Gasteiger partial charge < -0.3 is 11.5 Å². The van der Waals surface area contributed by atoms with Gasteiger partial charge in [-0.3, -0.25) is 5.21 Å². The molecule has 0 rings (SSSR count). The molecule has 0 unspecified atom stereocenters. The molecule has 0 aromatic heterocycles. The molecular formula is C4H9ClN3O+. The third-order valence-corrected chi connectivity index (χ3v) is 1.05. The summed E-state index contributed by atoms with van der Waals surface area (Å²) in [6.07, 6.45) is 0. The number of allylic oxidation sites excluding steroid dienone is 2. The Morgan fingerprint density at radius 3 is 2.11 bits per heavy atom. The summed E-state index contributed by atoms with van der Waals surface area (Å²) >= 11 is 5.30. The zero-order valence-corrected chi connectivity index (χ0v) is 5.74. The smallest absolute Gasteiger partial charge is 0.340 e. The predicted molar refractivity (Wildman–Crippen MR) is 34.7 cm³/mol.